The largest absolute Gasteiger partial charge is 0.494 e. The number of rotatable bonds is 13. The van der Waals surface area contributed by atoms with Crippen LogP contribution in [0.1, 0.15) is 41.2 Å². The number of aliphatic imine (C=N–C) groups is 1. The summed E-state index contributed by atoms with van der Waals surface area (Å²) in [4.78, 5) is 19.2. The molecular formula is C35H32Cl2FN3O4. The van der Waals surface area contributed by atoms with Crippen molar-refractivity contribution in [3.05, 3.63) is 141 Å². The van der Waals surface area contributed by atoms with Gasteiger partial charge in [-0.15, -0.1) is 0 Å². The van der Waals surface area contributed by atoms with E-state index in [9.17, 15) is 9.18 Å². The summed E-state index contributed by atoms with van der Waals surface area (Å²) in [5.41, 5.74) is 7.20. The molecule has 10 heteroatoms. The number of carbonyl (C=O) groups is 1. The molecule has 0 aliphatic carbocycles. The Labute approximate surface area is 271 Å². The molecule has 4 aromatic rings. The highest BCUT2D eigenvalue weighted by Crippen LogP contribution is 2.45. The van der Waals surface area contributed by atoms with E-state index in [0.29, 0.717) is 39.9 Å². The molecule has 232 valence electrons. The van der Waals surface area contributed by atoms with Gasteiger partial charge in [-0.2, -0.15) is 0 Å². The zero-order valence-corrected chi connectivity index (χ0v) is 25.8. The van der Waals surface area contributed by atoms with E-state index in [0.717, 1.165) is 11.1 Å². The van der Waals surface area contributed by atoms with E-state index >= 15 is 0 Å². The van der Waals surface area contributed by atoms with Crippen molar-refractivity contribution in [2.75, 3.05) is 13.2 Å². The quantitative estimate of drug-likeness (QED) is 0.107. The minimum absolute atomic E-state index is 0.0407. The molecule has 0 bridgehead atoms. The molecule has 0 fully saturated rings. The van der Waals surface area contributed by atoms with Crippen LogP contribution in [-0.2, 0) is 16.1 Å². The summed E-state index contributed by atoms with van der Waals surface area (Å²) in [6.45, 7) is 0.675. The zero-order valence-electron chi connectivity index (χ0n) is 24.3. The number of nitrogens with one attached hydrogen (secondary N) is 2. The molecule has 0 unspecified atom stereocenters. The fourth-order valence-electron chi connectivity index (χ4n) is 4.88. The lowest BCUT2D eigenvalue weighted by Gasteiger charge is -2.30. The van der Waals surface area contributed by atoms with Crippen molar-refractivity contribution < 1.29 is 23.8 Å². The van der Waals surface area contributed by atoms with E-state index in [2.05, 4.69) is 10.9 Å². The number of aliphatic hydroxyl groups is 1. The van der Waals surface area contributed by atoms with E-state index < -0.39 is 17.6 Å². The van der Waals surface area contributed by atoms with Crippen LogP contribution in [-0.4, -0.2) is 35.7 Å². The standard InChI is InChI=1S/C35H32Cl2FN3O4/c36-27-13-18-30(31(37)22-27)32-35(19-4-8-24-6-2-1-3-7-24,34(43)41-39-23-25-9-14-28(38)15-10-25)40-33(45-32)26-11-16-29(17-12-26)44-21-5-20-42/h1-4,6-18,22,32,39,42H,5,19-21,23H2,(H,41,43)/b8-4+/t32-,35-/m0/s1. The third-order valence-electron chi connectivity index (χ3n) is 7.22. The molecule has 7 nitrogen and oxygen atoms in total. The first-order chi connectivity index (χ1) is 21.9. The summed E-state index contributed by atoms with van der Waals surface area (Å²) in [6.07, 6.45) is 3.59. The maximum absolute atomic E-state index is 14.2. The van der Waals surface area contributed by atoms with Crippen LogP contribution in [0.4, 0.5) is 4.39 Å². The maximum Gasteiger partial charge on any atom is 0.266 e. The predicted molar refractivity (Wildman–Crippen MR) is 175 cm³/mol. The topological polar surface area (TPSA) is 92.2 Å². The molecular weight excluding hydrogens is 616 g/mol. The summed E-state index contributed by atoms with van der Waals surface area (Å²) < 4.78 is 25.6. The highest BCUT2D eigenvalue weighted by atomic mass is 35.5. The lowest BCUT2D eigenvalue weighted by molar-refractivity contribution is -0.129. The maximum atomic E-state index is 14.2. The summed E-state index contributed by atoms with van der Waals surface area (Å²) >= 11 is 12.9. The highest BCUT2D eigenvalue weighted by Gasteiger charge is 2.53. The third-order valence-corrected chi connectivity index (χ3v) is 7.78. The third kappa shape index (κ3) is 8.09. The van der Waals surface area contributed by atoms with E-state index in [1.807, 2.05) is 42.5 Å². The molecule has 1 heterocycles. The van der Waals surface area contributed by atoms with Crippen LogP contribution in [0.5, 0.6) is 5.75 Å². The van der Waals surface area contributed by atoms with Gasteiger partial charge in [0.1, 0.15) is 11.6 Å². The summed E-state index contributed by atoms with van der Waals surface area (Å²) in [5, 5.41) is 9.82. The van der Waals surface area contributed by atoms with E-state index in [-0.39, 0.29) is 31.3 Å². The van der Waals surface area contributed by atoms with Gasteiger partial charge in [0.25, 0.3) is 5.91 Å². The number of amides is 1. The van der Waals surface area contributed by atoms with E-state index in [1.54, 1.807) is 54.6 Å². The predicted octanol–water partition coefficient (Wildman–Crippen LogP) is 7.08. The molecule has 1 aliphatic rings. The van der Waals surface area contributed by atoms with Crippen LogP contribution in [0.15, 0.2) is 108 Å². The fourth-order valence-corrected chi connectivity index (χ4v) is 5.39. The van der Waals surface area contributed by atoms with Gasteiger partial charge < -0.3 is 14.6 Å². The molecule has 45 heavy (non-hydrogen) atoms. The SMILES string of the molecule is O=C(NNCc1ccc(F)cc1)[C@@]1(C/C=C/c2ccccc2)N=C(c2ccc(OCCCO)cc2)O[C@H]1c1ccc(Cl)cc1Cl. The van der Waals surface area contributed by atoms with Crippen LogP contribution in [0.2, 0.25) is 10.0 Å². The first-order valence-corrected chi connectivity index (χ1v) is 15.2. The average molecular weight is 649 g/mol. The van der Waals surface area contributed by atoms with Crippen molar-refractivity contribution in [3.63, 3.8) is 0 Å². The lowest BCUT2D eigenvalue weighted by atomic mass is 9.84. The van der Waals surface area contributed by atoms with E-state index in [4.69, 9.17) is 42.8 Å². The summed E-state index contributed by atoms with van der Waals surface area (Å²) in [7, 11) is 0. The van der Waals surface area contributed by atoms with Crippen LogP contribution < -0.4 is 15.6 Å². The second kappa shape index (κ2) is 15.2. The number of ether oxygens (including phenoxy) is 2. The van der Waals surface area contributed by atoms with Crippen molar-refractivity contribution in [1.82, 2.24) is 10.9 Å². The Kier molecular flexibility index (Phi) is 10.9. The molecule has 0 spiro atoms. The second-order valence-corrected chi connectivity index (χ2v) is 11.2. The van der Waals surface area contributed by atoms with Gasteiger partial charge in [-0.05, 0) is 59.7 Å². The Morgan fingerprint density at radius 2 is 1.78 bits per heavy atom. The molecule has 1 amide bonds. The molecule has 5 rings (SSSR count). The van der Waals surface area contributed by atoms with Gasteiger partial charge in [0.2, 0.25) is 5.90 Å². The van der Waals surface area contributed by atoms with Crippen molar-refractivity contribution >= 4 is 41.1 Å². The Balaban J connectivity index is 1.50. The number of hydrogen-bond donors (Lipinski definition) is 3. The Morgan fingerprint density at radius 3 is 2.49 bits per heavy atom. The zero-order chi connectivity index (χ0) is 31.6. The van der Waals surface area contributed by atoms with Crippen LogP contribution in [0.25, 0.3) is 6.08 Å². The van der Waals surface area contributed by atoms with Gasteiger partial charge >= 0.3 is 0 Å². The average Bonchev–Trinajstić information content (AvgIpc) is 3.43. The summed E-state index contributed by atoms with van der Waals surface area (Å²) in [5.74, 6) is 0.0965. The van der Waals surface area contributed by atoms with Crippen molar-refractivity contribution in [3.8, 4) is 5.75 Å². The first kappa shape index (κ1) is 32.2. The van der Waals surface area contributed by atoms with Gasteiger partial charge in [-0.25, -0.2) is 14.8 Å². The number of nitrogens with zero attached hydrogens (tertiary/aromatic N) is 1. The number of hydrazine groups is 1. The number of carbonyl (C=O) groups excluding carboxylic acids is 1. The monoisotopic (exact) mass is 647 g/mol. The van der Waals surface area contributed by atoms with Crippen molar-refractivity contribution in [2.45, 2.75) is 31.0 Å². The smallest absolute Gasteiger partial charge is 0.266 e. The summed E-state index contributed by atoms with van der Waals surface area (Å²) in [6, 6.07) is 27.9. The Hall–Kier alpha value is -4.21. The highest BCUT2D eigenvalue weighted by molar-refractivity contribution is 6.35. The van der Waals surface area contributed by atoms with Gasteiger partial charge in [0, 0.05) is 47.2 Å². The molecule has 1 aliphatic heterocycles. The van der Waals surface area contributed by atoms with Gasteiger partial charge in [0.05, 0.1) is 6.61 Å². The van der Waals surface area contributed by atoms with E-state index in [1.165, 1.54) is 12.1 Å². The number of hydrogen-bond acceptors (Lipinski definition) is 6. The van der Waals surface area contributed by atoms with Gasteiger partial charge in [-0.3, -0.25) is 10.2 Å². The Bertz CT molecular complexity index is 1650. The van der Waals surface area contributed by atoms with Crippen molar-refractivity contribution in [1.29, 1.82) is 0 Å². The minimum Gasteiger partial charge on any atom is -0.494 e. The number of halogens is 3. The van der Waals surface area contributed by atoms with Gasteiger partial charge in [-0.1, -0.05) is 83.9 Å². The van der Waals surface area contributed by atoms with Crippen molar-refractivity contribution in [2.24, 2.45) is 4.99 Å². The normalized spacial score (nSPS) is 17.6. The Morgan fingerprint density at radius 1 is 1.02 bits per heavy atom. The fraction of sp³-hybridized carbons (Fsp3) is 0.200. The molecule has 0 aromatic heterocycles. The molecule has 0 saturated heterocycles. The molecule has 0 saturated carbocycles. The van der Waals surface area contributed by atoms with Gasteiger partial charge in [0.15, 0.2) is 11.6 Å². The first-order valence-electron chi connectivity index (χ1n) is 14.4. The lowest BCUT2D eigenvalue weighted by Crippen LogP contribution is -2.52. The molecule has 0 radical (unpaired) electrons. The molecule has 4 aromatic carbocycles. The van der Waals surface area contributed by atoms with Crippen LogP contribution in [0, 0.1) is 5.82 Å². The molecule has 2 atom stereocenters. The number of aliphatic hydroxyl groups excluding tert-OH is 1. The second-order valence-electron chi connectivity index (χ2n) is 10.4. The number of benzene rings is 4. The van der Waals surface area contributed by atoms with Crippen LogP contribution >= 0.6 is 23.2 Å². The van der Waals surface area contributed by atoms with Crippen LogP contribution in [0.3, 0.4) is 0 Å². The molecule has 3 N–H and O–H groups in total. The minimum atomic E-state index is -1.48.